The number of imidazole rings is 1. The molecule has 3 nitrogen and oxygen atoms in total. The predicted octanol–water partition coefficient (Wildman–Crippen LogP) is 4.58. The molecule has 21 heavy (non-hydrogen) atoms. The van der Waals surface area contributed by atoms with Gasteiger partial charge in [0.1, 0.15) is 5.82 Å². The molecule has 0 unspecified atom stereocenters. The van der Waals surface area contributed by atoms with E-state index in [9.17, 15) is 0 Å². The van der Waals surface area contributed by atoms with Crippen LogP contribution in [-0.4, -0.2) is 9.55 Å². The lowest BCUT2D eigenvalue weighted by molar-refractivity contribution is 0.775. The first-order chi connectivity index (χ1) is 10.1. The van der Waals surface area contributed by atoms with Crippen molar-refractivity contribution in [2.24, 2.45) is 0 Å². The van der Waals surface area contributed by atoms with Crippen molar-refractivity contribution in [3.8, 4) is 11.4 Å². The van der Waals surface area contributed by atoms with E-state index in [0.717, 1.165) is 22.4 Å². The first kappa shape index (κ1) is 12.7. The highest BCUT2D eigenvalue weighted by Crippen LogP contribution is 2.43. The molecule has 0 radical (unpaired) electrons. The molecule has 4 heteroatoms. The molecule has 0 aliphatic heterocycles. The minimum absolute atomic E-state index is 0.517. The smallest absolute Gasteiger partial charge is 0.144 e. The van der Waals surface area contributed by atoms with E-state index < -0.39 is 0 Å². The number of hydrogen-bond acceptors (Lipinski definition) is 2. The summed E-state index contributed by atoms with van der Waals surface area (Å²) in [5, 5.41) is 0.656. The molecule has 0 spiro atoms. The van der Waals surface area contributed by atoms with Crippen molar-refractivity contribution in [3.05, 3.63) is 47.0 Å². The van der Waals surface area contributed by atoms with Crippen LogP contribution in [0.2, 0.25) is 5.02 Å². The van der Waals surface area contributed by atoms with E-state index in [4.69, 9.17) is 22.3 Å². The van der Waals surface area contributed by atoms with Gasteiger partial charge in [-0.25, -0.2) is 4.98 Å². The van der Waals surface area contributed by atoms with E-state index >= 15 is 0 Å². The van der Waals surface area contributed by atoms with Crippen molar-refractivity contribution >= 4 is 28.3 Å². The minimum atomic E-state index is 0.517. The molecular weight excluding hydrogens is 282 g/mol. The maximum absolute atomic E-state index is 6.39. The molecule has 4 rings (SSSR count). The molecule has 1 aromatic heterocycles. The lowest BCUT2D eigenvalue weighted by atomic mass is 10.1. The fourth-order valence-electron chi connectivity index (χ4n) is 2.86. The summed E-state index contributed by atoms with van der Waals surface area (Å²) in [6.45, 7) is 2.08. The second-order valence-corrected chi connectivity index (χ2v) is 6.14. The van der Waals surface area contributed by atoms with Gasteiger partial charge in [-0.2, -0.15) is 0 Å². The molecule has 1 aliphatic rings. The van der Waals surface area contributed by atoms with Crippen LogP contribution in [0.25, 0.3) is 22.4 Å². The van der Waals surface area contributed by atoms with Gasteiger partial charge >= 0.3 is 0 Å². The number of rotatable bonds is 2. The second kappa shape index (κ2) is 4.50. The van der Waals surface area contributed by atoms with Crippen LogP contribution in [0.4, 0.5) is 5.69 Å². The molecule has 3 aromatic rings. The first-order valence-electron chi connectivity index (χ1n) is 7.18. The van der Waals surface area contributed by atoms with Gasteiger partial charge in [0.2, 0.25) is 0 Å². The SMILES string of the molecule is Cc1ccc2c(c1)nc(-c1c(N)cccc1Cl)n2C1CC1. The van der Waals surface area contributed by atoms with Crippen LogP contribution in [0.1, 0.15) is 24.4 Å². The Labute approximate surface area is 128 Å². The van der Waals surface area contributed by atoms with E-state index in [0.29, 0.717) is 16.8 Å². The van der Waals surface area contributed by atoms with Crippen molar-refractivity contribution in [2.75, 3.05) is 5.73 Å². The van der Waals surface area contributed by atoms with E-state index in [1.807, 2.05) is 18.2 Å². The lowest BCUT2D eigenvalue weighted by Crippen LogP contribution is -2.00. The average Bonchev–Trinajstić information content (AvgIpc) is 3.20. The van der Waals surface area contributed by atoms with Gasteiger partial charge in [0.05, 0.1) is 21.6 Å². The lowest BCUT2D eigenvalue weighted by Gasteiger charge is -2.11. The zero-order valence-electron chi connectivity index (χ0n) is 11.8. The van der Waals surface area contributed by atoms with Gasteiger partial charge in [-0.15, -0.1) is 0 Å². The van der Waals surface area contributed by atoms with Gasteiger partial charge in [-0.05, 0) is 49.6 Å². The zero-order valence-corrected chi connectivity index (χ0v) is 12.6. The van der Waals surface area contributed by atoms with Gasteiger partial charge < -0.3 is 10.3 Å². The van der Waals surface area contributed by atoms with Crippen molar-refractivity contribution < 1.29 is 0 Å². The fourth-order valence-corrected chi connectivity index (χ4v) is 3.13. The number of nitrogen functional groups attached to an aromatic ring is 1. The van der Waals surface area contributed by atoms with E-state index in [1.54, 1.807) is 0 Å². The van der Waals surface area contributed by atoms with Crippen LogP contribution in [0, 0.1) is 6.92 Å². The summed E-state index contributed by atoms with van der Waals surface area (Å²) in [5.74, 6) is 0.890. The number of anilines is 1. The Balaban J connectivity index is 2.06. The number of hydrogen-bond donors (Lipinski definition) is 1. The van der Waals surface area contributed by atoms with Crippen molar-refractivity contribution in [3.63, 3.8) is 0 Å². The number of nitrogens with two attached hydrogens (primary N) is 1. The summed E-state index contributed by atoms with van der Waals surface area (Å²) in [7, 11) is 0. The third-order valence-electron chi connectivity index (χ3n) is 4.03. The largest absolute Gasteiger partial charge is 0.398 e. The van der Waals surface area contributed by atoms with Crippen molar-refractivity contribution in [1.82, 2.24) is 9.55 Å². The molecule has 0 saturated heterocycles. The molecule has 1 aliphatic carbocycles. The number of fused-ring (bicyclic) bond motifs is 1. The Kier molecular flexibility index (Phi) is 2.73. The van der Waals surface area contributed by atoms with E-state index in [2.05, 4.69) is 29.7 Å². The summed E-state index contributed by atoms with van der Waals surface area (Å²) >= 11 is 6.39. The molecule has 1 fully saturated rings. The third kappa shape index (κ3) is 2.00. The molecule has 0 bridgehead atoms. The Bertz CT molecular complexity index is 826. The minimum Gasteiger partial charge on any atom is -0.398 e. The number of aryl methyl sites for hydroxylation is 1. The fraction of sp³-hybridized carbons (Fsp3) is 0.235. The van der Waals surface area contributed by atoms with Crippen LogP contribution in [-0.2, 0) is 0 Å². The molecular formula is C17H16ClN3. The summed E-state index contributed by atoms with van der Waals surface area (Å²) in [4.78, 5) is 4.83. The monoisotopic (exact) mass is 297 g/mol. The molecule has 2 aromatic carbocycles. The number of nitrogens with zero attached hydrogens (tertiary/aromatic N) is 2. The Morgan fingerprint density at radius 1 is 1.24 bits per heavy atom. The Morgan fingerprint density at radius 3 is 2.76 bits per heavy atom. The van der Waals surface area contributed by atoms with Gasteiger partial charge in [-0.3, -0.25) is 0 Å². The Morgan fingerprint density at radius 2 is 2.05 bits per heavy atom. The molecule has 0 atom stereocenters. The summed E-state index contributed by atoms with van der Waals surface area (Å²) in [5.41, 5.74) is 11.1. The molecule has 1 heterocycles. The van der Waals surface area contributed by atoms with Crippen LogP contribution >= 0.6 is 11.6 Å². The van der Waals surface area contributed by atoms with Gasteiger partial charge in [-0.1, -0.05) is 23.7 Å². The maximum atomic E-state index is 6.39. The molecule has 0 amide bonds. The van der Waals surface area contributed by atoms with E-state index in [-0.39, 0.29) is 0 Å². The summed E-state index contributed by atoms with van der Waals surface area (Å²) in [6.07, 6.45) is 2.38. The zero-order chi connectivity index (χ0) is 14.6. The topological polar surface area (TPSA) is 43.8 Å². The third-order valence-corrected chi connectivity index (χ3v) is 4.34. The molecule has 2 N–H and O–H groups in total. The highest BCUT2D eigenvalue weighted by molar-refractivity contribution is 6.33. The Hall–Kier alpha value is -2.00. The average molecular weight is 298 g/mol. The highest BCUT2D eigenvalue weighted by atomic mass is 35.5. The van der Waals surface area contributed by atoms with Gasteiger partial charge in [0, 0.05) is 11.7 Å². The quantitative estimate of drug-likeness (QED) is 0.703. The summed E-state index contributed by atoms with van der Waals surface area (Å²) in [6, 6.07) is 12.5. The normalized spacial score (nSPS) is 14.8. The van der Waals surface area contributed by atoms with Crippen LogP contribution < -0.4 is 5.73 Å². The van der Waals surface area contributed by atoms with Crippen LogP contribution in [0.15, 0.2) is 36.4 Å². The maximum Gasteiger partial charge on any atom is 0.144 e. The van der Waals surface area contributed by atoms with Gasteiger partial charge in [0.15, 0.2) is 0 Å². The summed E-state index contributed by atoms with van der Waals surface area (Å²) < 4.78 is 2.30. The van der Waals surface area contributed by atoms with Gasteiger partial charge in [0.25, 0.3) is 0 Å². The second-order valence-electron chi connectivity index (χ2n) is 5.73. The first-order valence-corrected chi connectivity index (χ1v) is 7.56. The van der Waals surface area contributed by atoms with Crippen LogP contribution in [0.3, 0.4) is 0 Å². The highest BCUT2D eigenvalue weighted by Gasteiger charge is 2.29. The standard InChI is InChI=1S/C17H16ClN3/c1-10-5-8-15-14(9-10)20-17(21(15)11-6-7-11)16-12(18)3-2-4-13(16)19/h2-5,8-9,11H,6-7,19H2,1H3. The number of aromatic nitrogens is 2. The number of halogens is 1. The molecule has 1 saturated carbocycles. The number of benzene rings is 2. The van der Waals surface area contributed by atoms with Crippen LogP contribution in [0.5, 0.6) is 0 Å². The predicted molar refractivity (Wildman–Crippen MR) is 87.6 cm³/mol. The van der Waals surface area contributed by atoms with E-state index in [1.165, 1.54) is 18.4 Å². The van der Waals surface area contributed by atoms with Crippen molar-refractivity contribution in [1.29, 1.82) is 0 Å². The van der Waals surface area contributed by atoms with Crippen molar-refractivity contribution in [2.45, 2.75) is 25.8 Å². The molecule has 106 valence electrons.